The Morgan fingerprint density at radius 2 is 2.06 bits per heavy atom. The molecule has 5 heteroatoms. The number of aromatic hydroxyl groups is 1. The van der Waals surface area contributed by atoms with E-state index >= 15 is 0 Å². The molecular weight excluding hydrogens is 208 g/mol. The van der Waals surface area contributed by atoms with E-state index in [9.17, 15) is 15.2 Å². The highest BCUT2D eigenvalue weighted by Crippen LogP contribution is 2.32. The summed E-state index contributed by atoms with van der Waals surface area (Å²) in [5.74, 6) is 0.0191. The molecule has 0 fully saturated rings. The zero-order valence-electron chi connectivity index (χ0n) is 8.89. The van der Waals surface area contributed by atoms with Crippen molar-refractivity contribution in [2.75, 3.05) is 0 Å². The molecule has 2 rings (SSSR count). The lowest BCUT2D eigenvalue weighted by Gasteiger charge is -2.04. The third-order valence-electron chi connectivity index (χ3n) is 2.45. The Labute approximate surface area is 91.5 Å². The van der Waals surface area contributed by atoms with Crippen molar-refractivity contribution >= 4 is 16.6 Å². The average Bonchev–Trinajstić information content (AvgIpc) is 2.15. The summed E-state index contributed by atoms with van der Waals surface area (Å²) in [4.78, 5) is 14.6. The Kier molecular flexibility index (Phi) is 2.23. The van der Waals surface area contributed by atoms with Gasteiger partial charge in [0.25, 0.3) is 5.69 Å². The fourth-order valence-corrected chi connectivity index (χ4v) is 1.72. The van der Waals surface area contributed by atoms with E-state index in [0.717, 1.165) is 0 Å². The Balaban J connectivity index is 2.97. The van der Waals surface area contributed by atoms with Crippen molar-refractivity contribution in [1.82, 2.24) is 4.98 Å². The van der Waals surface area contributed by atoms with E-state index < -0.39 is 4.92 Å². The highest BCUT2D eigenvalue weighted by Gasteiger charge is 2.18. The third kappa shape index (κ3) is 1.46. The van der Waals surface area contributed by atoms with Crippen LogP contribution in [-0.2, 0) is 0 Å². The van der Waals surface area contributed by atoms with Gasteiger partial charge in [0, 0.05) is 22.7 Å². The van der Waals surface area contributed by atoms with Crippen LogP contribution in [0, 0.1) is 24.0 Å². The summed E-state index contributed by atoms with van der Waals surface area (Å²) >= 11 is 0. The summed E-state index contributed by atoms with van der Waals surface area (Å²) in [6, 6.07) is 4.73. The van der Waals surface area contributed by atoms with Crippen molar-refractivity contribution in [3.63, 3.8) is 0 Å². The molecule has 1 aromatic carbocycles. The van der Waals surface area contributed by atoms with Crippen molar-refractivity contribution in [2.24, 2.45) is 0 Å². The molecule has 1 aromatic heterocycles. The molecule has 1 N–H and O–H groups in total. The van der Waals surface area contributed by atoms with Gasteiger partial charge in [-0.3, -0.25) is 10.1 Å². The largest absolute Gasteiger partial charge is 0.507 e. The van der Waals surface area contributed by atoms with E-state index in [0.29, 0.717) is 16.6 Å². The van der Waals surface area contributed by atoms with Crippen LogP contribution in [0.1, 0.15) is 11.3 Å². The van der Waals surface area contributed by atoms with E-state index in [1.807, 2.05) is 0 Å². The van der Waals surface area contributed by atoms with Crippen molar-refractivity contribution in [1.29, 1.82) is 0 Å². The van der Waals surface area contributed by atoms with Gasteiger partial charge >= 0.3 is 0 Å². The first-order valence-corrected chi connectivity index (χ1v) is 4.75. The van der Waals surface area contributed by atoms with Crippen LogP contribution in [0.3, 0.4) is 0 Å². The van der Waals surface area contributed by atoms with E-state index in [4.69, 9.17) is 0 Å². The molecule has 1 heterocycles. The Morgan fingerprint density at radius 3 is 2.69 bits per heavy atom. The first-order valence-electron chi connectivity index (χ1n) is 4.75. The molecule has 0 radical (unpaired) electrons. The predicted molar refractivity (Wildman–Crippen MR) is 59.5 cm³/mol. The van der Waals surface area contributed by atoms with Gasteiger partial charge in [-0.2, -0.15) is 0 Å². The minimum absolute atomic E-state index is 0.0191. The molecule has 0 aliphatic heterocycles. The zero-order valence-corrected chi connectivity index (χ0v) is 8.89. The lowest BCUT2D eigenvalue weighted by atomic mass is 10.1. The second-order valence-electron chi connectivity index (χ2n) is 3.67. The lowest BCUT2D eigenvalue weighted by molar-refractivity contribution is -0.383. The van der Waals surface area contributed by atoms with Gasteiger partial charge in [0.2, 0.25) is 0 Å². The quantitative estimate of drug-likeness (QED) is 0.589. The number of fused-ring (bicyclic) bond motifs is 1. The molecule has 0 saturated heterocycles. The molecule has 0 spiro atoms. The number of nitro groups is 1. The second-order valence-corrected chi connectivity index (χ2v) is 3.67. The number of pyridine rings is 1. The summed E-state index contributed by atoms with van der Waals surface area (Å²) in [6.45, 7) is 3.34. The summed E-state index contributed by atoms with van der Waals surface area (Å²) in [5, 5.41) is 21.0. The zero-order chi connectivity index (χ0) is 11.9. The van der Waals surface area contributed by atoms with Gasteiger partial charge in [-0.05, 0) is 19.9 Å². The molecule has 5 nitrogen and oxygen atoms in total. The number of benzene rings is 1. The molecule has 16 heavy (non-hydrogen) atoms. The van der Waals surface area contributed by atoms with E-state index in [1.54, 1.807) is 26.0 Å². The predicted octanol–water partition coefficient (Wildman–Crippen LogP) is 2.47. The van der Waals surface area contributed by atoms with E-state index in [-0.39, 0.29) is 17.0 Å². The molecule has 2 aromatic rings. The third-order valence-corrected chi connectivity index (χ3v) is 2.45. The summed E-state index contributed by atoms with van der Waals surface area (Å²) < 4.78 is 0. The van der Waals surface area contributed by atoms with Crippen molar-refractivity contribution in [2.45, 2.75) is 13.8 Å². The van der Waals surface area contributed by atoms with Crippen molar-refractivity contribution < 1.29 is 10.0 Å². The first kappa shape index (κ1) is 10.4. The minimum Gasteiger partial charge on any atom is -0.507 e. The molecule has 0 bridgehead atoms. The van der Waals surface area contributed by atoms with Gasteiger partial charge in [-0.15, -0.1) is 0 Å². The first-order chi connectivity index (χ1) is 7.50. The number of aromatic nitrogens is 1. The van der Waals surface area contributed by atoms with Gasteiger partial charge in [-0.1, -0.05) is 6.07 Å². The van der Waals surface area contributed by atoms with Gasteiger partial charge < -0.3 is 5.11 Å². The van der Waals surface area contributed by atoms with E-state index in [1.165, 1.54) is 6.07 Å². The standard InChI is InChI=1S/C11H10N2O3/c1-6-3-4-8-9(14)5-7(2)12-10(8)11(6)13(15)16/h3-5H,1-2H3,(H,12,14). The Bertz CT molecular complexity index is 593. The average molecular weight is 218 g/mol. The van der Waals surface area contributed by atoms with E-state index in [2.05, 4.69) is 4.98 Å². The van der Waals surface area contributed by atoms with Crippen LogP contribution >= 0.6 is 0 Å². The summed E-state index contributed by atoms with van der Waals surface area (Å²) in [7, 11) is 0. The topological polar surface area (TPSA) is 76.3 Å². The van der Waals surface area contributed by atoms with Crippen LogP contribution in [0.2, 0.25) is 0 Å². The smallest absolute Gasteiger partial charge is 0.298 e. The van der Waals surface area contributed by atoms with Crippen LogP contribution in [0.5, 0.6) is 5.75 Å². The fraction of sp³-hybridized carbons (Fsp3) is 0.182. The highest BCUT2D eigenvalue weighted by atomic mass is 16.6. The van der Waals surface area contributed by atoms with Crippen LogP contribution in [0.25, 0.3) is 10.9 Å². The normalized spacial score (nSPS) is 10.6. The molecule has 82 valence electrons. The second kappa shape index (κ2) is 3.44. The number of aryl methyl sites for hydroxylation is 2. The fourth-order valence-electron chi connectivity index (χ4n) is 1.72. The molecule has 0 aliphatic carbocycles. The number of hydrogen-bond donors (Lipinski definition) is 1. The van der Waals surface area contributed by atoms with Gasteiger partial charge in [-0.25, -0.2) is 4.98 Å². The van der Waals surface area contributed by atoms with Crippen LogP contribution in [-0.4, -0.2) is 15.0 Å². The number of nitro benzene ring substituents is 1. The summed E-state index contributed by atoms with van der Waals surface area (Å²) in [6.07, 6.45) is 0. The maximum absolute atomic E-state index is 10.9. The minimum atomic E-state index is -0.469. The molecule has 0 aliphatic rings. The number of nitrogens with zero attached hydrogens (tertiary/aromatic N) is 2. The van der Waals surface area contributed by atoms with Crippen LogP contribution in [0.4, 0.5) is 5.69 Å². The van der Waals surface area contributed by atoms with Gasteiger partial charge in [0.1, 0.15) is 5.75 Å². The maximum atomic E-state index is 10.9. The van der Waals surface area contributed by atoms with Crippen LogP contribution in [0.15, 0.2) is 18.2 Å². The molecule has 0 amide bonds. The number of rotatable bonds is 1. The van der Waals surface area contributed by atoms with Gasteiger partial charge in [0.15, 0.2) is 5.52 Å². The molecule has 0 atom stereocenters. The summed E-state index contributed by atoms with van der Waals surface area (Å²) in [5.41, 5.74) is 1.28. The highest BCUT2D eigenvalue weighted by molar-refractivity contribution is 5.93. The lowest BCUT2D eigenvalue weighted by Crippen LogP contribution is -1.96. The van der Waals surface area contributed by atoms with Crippen molar-refractivity contribution in [3.05, 3.63) is 39.6 Å². The molecule has 0 unspecified atom stereocenters. The van der Waals surface area contributed by atoms with Gasteiger partial charge in [0.05, 0.1) is 4.92 Å². The Hall–Kier alpha value is -2.17. The number of hydrogen-bond acceptors (Lipinski definition) is 4. The van der Waals surface area contributed by atoms with Crippen molar-refractivity contribution in [3.8, 4) is 5.75 Å². The molecular formula is C11H10N2O3. The SMILES string of the molecule is Cc1cc(O)c2ccc(C)c([N+](=O)[O-])c2n1. The Morgan fingerprint density at radius 1 is 1.38 bits per heavy atom. The molecule has 0 saturated carbocycles. The monoisotopic (exact) mass is 218 g/mol. The van der Waals surface area contributed by atoms with Crippen LogP contribution < -0.4 is 0 Å². The maximum Gasteiger partial charge on any atom is 0.298 e.